The van der Waals surface area contributed by atoms with Crippen molar-refractivity contribution < 1.29 is 0 Å². The van der Waals surface area contributed by atoms with Crippen LogP contribution in [0.4, 0.5) is 0 Å². The fraction of sp³-hybridized carbons (Fsp3) is 0.714. The summed E-state index contributed by atoms with van der Waals surface area (Å²) in [5.41, 5.74) is 2.87. The van der Waals surface area contributed by atoms with E-state index in [1.807, 2.05) is 0 Å². The van der Waals surface area contributed by atoms with Gasteiger partial charge < -0.3 is 0 Å². The summed E-state index contributed by atoms with van der Waals surface area (Å²) in [5.74, 6) is 1.58. The Kier molecular flexibility index (Phi) is 6.61. The molecule has 1 unspecified atom stereocenters. The van der Waals surface area contributed by atoms with E-state index in [4.69, 9.17) is 0 Å². The highest BCUT2D eigenvalue weighted by atomic mass is 14.1. The minimum absolute atomic E-state index is 0.792. The molecule has 0 bridgehead atoms. The molecule has 0 saturated carbocycles. The van der Waals surface area contributed by atoms with Gasteiger partial charge in [0.05, 0.1) is 0 Å². The molecule has 0 nitrogen and oxygen atoms in total. The standard InChI is InChI=1S/C14H26/c1-11(2)7-9-13(5)14(6)10-8-12(3)4/h7-8,13-14H,9-10H2,1-6H3/t13-,14?/m0/s1. The van der Waals surface area contributed by atoms with Gasteiger partial charge in [-0.15, -0.1) is 0 Å². The molecule has 0 aromatic heterocycles. The Hall–Kier alpha value is -0.520. The molecule has 0 heteroatoms. The van der Waals surface area contributed by atoms with Gasteiger partial charge in [0, 0.05) is 0 Å². The Bertz CT molecular complexity index is 176. The van der Waals surface area contributed by atoms with E-state index in [0.29, 0.717) is 0 Å². The SMILES string of the molecule is CC(C)=CCC(C)[C@@H](C)CC=C(C)C. The van der Waals surface area contributed by atoms with Gasteiger partial charge in [-0.3, -0.25) is 0 Å². The molecule has 0 rings (SSSR count). The third-order valence-electron chi connectivity index (χ3n) is 2.77. The Balaban J connectivity index is 3.93. The molecule has 0 aliphatic heterocycles. The lowest BCUT2D eigenvalue weighted by Gasteiger charge is -2.17. The van der Waals surface area contributed by atoms with Crippen LogP contribution in [0.2, 0.25) is 0 Å². The van der Waals surface area contributed by atoms with Crippen LogP contribution in [0.15, 0.2) is 23.3 Å². The van der Waals surface area contributed by atoms with Crippen LogP contribution >= 0.6 is 0 Å². The van der Waals surface area contributed by atoms with Gasteiger partial charge in [-0.25, -0.2) is 0 Å². The van der Waals surface area contributed by atoms with E-state index in [2.05, 4.69) is 53.7 Å². The summed E-state index contributed by atoms with van der Waals surface area (Å²) in [5, 5.41) is 0. The van der Waals surface area contributed by atoms with Gasteiger partial charge in [0.15, 0.2) is 0 Å². The average Bonchev–Trinajstić information content (AvgIpc) is 2.09. The van der Waals surface area contributed by atoms with Crippen molar-refractivity contribution in [3.63, 3.8) is 0 Å². The highest BCUT2D eigenvalue weighted by Crippen LogP contribution is 2.20. The smallest absolute Gasteiger partial charge is 0.0320 e. The molecule has 0 heterocycles. The first-order valence-corrected chi connectivity index (χ1v) is 5.70. The maximum absolute atomic E-state index is 2.35. The van der Waals surface area contributed by atoms with E-state index < -0.39 is 0 Å². The summed E-state index contributed by atoms with van der Waals surface area (Å²) in [6.45, 7) is 13.4. The predicted molar refractivity (Wildman–Crippen MR) is 66.4 cm³/mol. The van der Waals surface area contributed by atoms with E-state index in [9.17, 15) is 0 Å². The maximum Gasteiger partial charge on any atom is -0.0320 e. The van der Waals surface area contributed by atoms with Crippen molar-refractivity contribution >= 4 is 0 Å². The zero-order valence-corrected chi connectivity index (χ0v) is 10.7. The Morgan fingerprint density at radius 1 is 0.786 bits per heavy atom. The fourth-order valence-corrected chi connectivity index (χ4v) is 1.31. The summed E-state index contributed by atoms with van der Waals surface area (Å²) in [6, 6.07) is 0. The molecule has 0 radical (unpaired) electrons. The van der Waals surface area contributed by atoms with Crippen molar-refractivity contribution in [1.29, 1.82) is 0 Å². The van der Waals surface area contributed by atoms with Crippen molar-refractivity contribution in [3.05, 3.63) is 23.3 Å². The lowest BCUT2D eigenvalue weighted by molar-refractivity contribution is 0.394. The molecule has 0 aliphatic rings. The van der Waals surface area contributed by atoms with E-state index in [1.54, 1.807) is 0 Å². The molecular formula is C14H26. The number of rotatable bonds is 5. The van der Waals surface area contributed by atoms with E-state index in [-0.39, 0.29) is 0 Å². The predicted octanol–water partition coefficient (Wildman–Crippen LogP) is 4.97. The zero-order valence-electron chi connectivity index (χ0n) is 10.7. The zero-order chi connectivity index (χ0) is 11.1. The third kappa shape index (κ3) is 6.94. The summed E-state index contributed by atoms with van der Waals surface area (Å²) < 4.78 is 0. The first-order chi connectivity index (χ1) is 6.43. The van der Waals surface area contributed by atoms with Gasteiger partial charge in [-0.2, -0.15) is 0 Å². The quantitative estimate of drug-likeness (QED) is 0.542. The van der Waals surface area contributed by atoms with Gasteiger partial charge in [0.1, 0.15) is 0 Å². The van der Waals surface area contributed by atoms with Crippen LogP contribution in [0.5, 0.6) is 0 Å². The molecule has 2 atom stereocenters. The first-order valence-electron chi connectivity index (χ1n) is 5.70. The van der Waals surface area contributed by atoms with E-state index in [1.165, 1.54) is 24.0 Å². The van der Waals surface area contributed by atoms with Crippen molar-refractivity contribution in [2.75, 3.05) is 0 Å². The van der Waals surface area contributed by atoms with Gasteiger partial charge in [-0.05, 0) is 52.4 Å². The van der Waals surface area contributed by atoms with E-state index in [0.717, 1.165) is 11.8 Å². The van der Waals surface area contributed by atoms with Crippen LogP contribution in [0.3, 0.4) is 0 Å². The molecule has 0 amide bonds. The van der Waals surface area contributed by atoms with Crippen LogP contribution in [0.25, 0.3) is 0 Å². The molecular weight excluding hydrogens is 168 g/mol. The van der Waals surface area contributed by atoms with Crippen molar-refractivity contribution in [2.24, 2.45) is 11.8 Å². The van der Waals surface area contributed by atoms with Crippen molar-refractivity contribution in [3.8, 4) is 0 Å². The van der Waals surface area contributed by atoms with Crippen LogP contribution < -0.4 is 0 Å². The second kappa shape index (κ2) is 6.86. The fourth-order valence-electron chi connectivity index (χ4n) is 1.31. The monoisotopic (exact) mass is 194 g/mol. The van der Waals surface area contributed by atoms with E-state index >= 15 is 0 Å². The molecule has 0 aliphatic carbocycles. The van der Waals surface area contributed by atoms with Crippen LogP contribution in [-0.2, 0) is 0 Å². The largest absolute Gasteiger partial charge is 0.0856 e. The molecule has 0 aromatic rings. The molecule has 0 saturated heterocycles. The molecule has 82 valence electrons. The lowest BCUT2D eigenvalue weighted by atomic mass is 9.89. The Morgan fingerprint density at radius 2 is 1.07 bits per heavy atom. The van der Waals surface area contributed by atoms with Gasteiger partial charge in [0.2, 0.25) is 0 Å². The topological polar surface area (TPSA) is 0 Å². The van der Waals surface area contributed by atoms with Crippen LogP contribution in [0.1, 0.15) is 54.4 Å². The molecule has 0 spiro atoms. The molecule has 14 heavy (non-hydrogen) atoms. The van der Waals surface area contributed by atoms with Gasteiger partial charge in [-0.1, -0.05) is 37.1 Å². The van der Waals surface area contributed by atoms with Crippen molar-refractivity contribution in [1.82, 2.24) is 0 Å². The second-order valence-corrected chi connectivity index (χ2v) is 4.99. The average molecular weight is 194 g/mol. The highest BCUT2D eigenvalue weighted by Gasteiger charge is 2.08. The highest BCUT2D eigenvalue weighted by molar-refractivity contribution is 4.96. The second-order valence-electron chi connectivity index (χ2n) is 4.99. The minimum atomic E-state index is 0.792. The van der Waals surface area contributed by atoms with Gasteiger partial charge in [0.25, 0.3) is 0 Å². The third-order valence-corrected chi connectivity index (χ3v) is 2.77. The maximum atomic E-state index is 2.35. The Morgan fingerprint density at radius 3 is 1.29 bits per heavy atom. The van der Waals surface area contributed by atoms with Gasteiger partial charge >= 0.3 is 0 Å². The summed E-state index contributed by atoms with van der Waals surface area (Å²) in [7, 11) is 0. The first kappa shape index (κ1) is 13.5. The van der Waals surface area contributed by atoms with Crippen molar-refractivity contribution in [2.45, 2.75) is 54.4 Å². The Labute approximate surface area is 90.1 Å². The lowest BCUT2D eigenvalue weighted by Crippen LogP contribution is -2.06. The van der Waals surface area contributed by atoms with Crippen LogP contribution in [0, 0.1) is 11.8 Å². The number of hydrogen-bond donors (Lipinski definition) is 0. The summed E-state index contributed by atoms with van der Waals surface area (Å²) in [4.78, 5) is 0. The number of hydrogen-bond acceptors (Lipinski definition) is 0. The minimum Gasteiger partial charge on any atom is -0.0856 e. The summed E-state index contributed by atoms with van der Waals surface area (Å²) >= 11 is 0. The molecule has 0 aromatic carbocycles. The normalized spacial score (nSPS) is 14.4. The summed E-state index contributed by atoms with van der Waals surface area (Å²) in [6.07, 6.45) is 7.15. The van der Waals surface area contributed by atoms with Crippen LogP contribution in [-0.4, -0.2) is 0 Å². The molecule has 0 N–H and O–H groups in total. The number of allylic oxidation sites excluding steroid dienone is 4. The molecule has 0 fully saturated rings.